The van der Waals surface area contributed by atoms with Gasteiger partial charge in [0.15, 0.2) is 0 Å². The van der Waals surface area contributed by atoms with Crippen molar-refractivity contribution in [1.82, 2.24) is 30.4 Å². The van der Waals surface area contributed by atoms with Crippen LogP contribution in [-0.2, 0) is 24.1 Å². The van der Waals surface area contributed by atoms with Crippen LogP contribution in [0.3, 0.4) is 0 Å². The predicted molar refractivity (Wildman–Crippen MR) is 135 cm³/mol. The van der Waals surface area contributed by atoms with Crippen molar-refractivity contribution in [2.75, 3.05) is 6.61 Å². The molecular weight excluding hydrogens is 440 g/mol. The number of esters is 1. The summed E-state index contributed by atoms with van der Waals surface area (Å²) < 4.78 is 7.44. The van der Waals surface area contributed by atoms with Gasteiger partial charge in [-0.2, -0.15) is 10.3 Å². The number of hydrogen-bond donors (Lipinski definition) is 1. The first-order valence-electron chi connectivity index (χ1n) is 12.3. The van der Waals surface area contributed by atoms with E-state index in [2.05, 4.69) is 58.7 Å². The number of benzene rings is 2. The van der Waals surface area contributed by atoms with E-state index < -0.39 is 0 Å². The van der Waals surface area contributed by atoms with Crippen LogP contribution in [0.15, 0.2) is 48.5 Å². The molecule has 0 spiro atoms. The molecule has 182 valence electrons. The summed E-state index contributed by atoms with van der Waals surface area (Å²) in [6, 6.07) is 16.3. The molecule has 0 aliphatic rings. The zero-order chi connectivity index (χ0) is 24.6. The zero-order valence-electron chi connectivity index (χ0n) is 20.6. The summed E-state index contributed by atoms with van der Waals surface area (Å²) in [5.74, 6) is 0.282. The standard InChI is InChI=1S/C27H32N6O2/c1-4-7-17-33-24(10-5-2)25(27(34)35-6-3)23(30-33)18-19-13-15-20(16-14-19)21-11-8-9-12-22(21)26-28-31-32-29-26/h8-9,11-16H,4-7,10,17-18H2,1-3H3,(H,28,29,31,32). The maximum atomic E-state index is 12.9. The number of carbonyl (C=O) groups excluding carboxylic acids is 1. The van der Waals surface area contributed by atoms with E-state index in [1.165, 1.54) is 0 Å². The minimum Gasteiger partial charge on any atom is -0.462 e. The smallest absolute Gasteiger partial charge is 0.341 e. The molecule has 4 rings (SSSR count). The molecule has 0 saturated heterocycles. The highest BCUT2D eigenvalue weighted by Crippen LogP contribution is 2.30. The first kappa shape index (κ1) is 24.3. The fraction of sp³-hybridized carbons (Fsp3) is 0.370. The molecule has 0 unspecified atom stereocenters. The number of H-pyrrole nitrogens is 1. The van der Waals surface area contributed by atoms with Gasteiger partial charge in [0.25, 0.3) is 0 Å². The molecular formula is C27H32N6O2. The summed E-state index contributed by atoms with van der Waals surface area (Å²) in [6.07, 6.45) is 4.41. The second kappa shape index (κ2) is 11.6. The Balaban J connectivity index is 1.65. The van der Waals surface area contributed by atoms with Gasteiger partial charge in [0.1, 0.15) is 5.56 Å². The van der Waals surface area contributed by atoms with Crippen molar-refractivity contribution in [1.29, 1.82) is 0 Å². The second-order valence-corrected chi connectivity index (χ2v) is 8.47. The normalized spacial score (nSPS) is 11.1. The third-order valence-electron chi connectivity index (χ3n) is 5.97. The highest BCUT2D eigenvalue weighted by molar-refractivity contribution is 5.92. The van der Waals surface area contributed by atoms with E-state index in [0.29, 0.717) is 24.4 Å². The number of nitrogens with zero attached hydrogens (tertiary/aromatic N) is 5. The number of rotatable bonds is 11. The van der Waals surface area contributed by atoms with Crippen LogP contribution in [0.2, 0.25) is 0 Å². The molecule has 0 aliphatic carbocycles. The Bertz CT molecular complexity index is 1250. The van der Waals surface area contributed by atoms with E-state index in [9.17, 15) is 4.79 Å². The lowest BCUT2D eigenvalue weighted by Gasteiger charge is -2.09. The molecule has 0 aliphatic heterocycles. The number of hydrogen-bond acceptors (Lipinski definition) is 6. The fourth-order valence-corrected chi connectivity index (χ4v) is 4.30. The van der Waals surface area contributed by atoms with Crippen LogP contribution in [0.1, 0.15) is 67.3 Å². The van der Waals surface area contributed by atoms with Crippen molar-refractivity contribution in [2.45, 2.75) is 59.4 Å². The summed E-state index contributed by atoms with van der Waals surface area (Å²) >= 11 is 0. The number of tetrazole rings is 1. The Morgan fingerprint density at radius 1 is 1.00 bits per heavy atom. The molecule has 0 saturated carbocycles. The molecule has 4 aromatic rings. The molecule has 1 N–H and O–H groups in total. The van der Waals surface area contributed by atoms with Gasteiger partial charge < -0.3 is 4.74 Å². The lowest BCUT2D eigenvalue weighted by atomic mass is 9.97. The minimum absolute atomic E-state index is 0.278. The van der Waals surface area contributed by atoms with Gasteiger partial charge in [0.2, 0.25) is 5.82 Å². The van der Waals surface area contributed by atoms with Crippen molar-refractivity contribution in [3.63, 3.8) is 0 Å². The van der Waals surface area contributed by atoms with Crippen molar-refractivity contribution in [3.05, 3.63) is 71.0 Å². The summed E-state index contributed by atoms with van der Waals surface area (Å²) in [5, 5.41) is 19.4. The molecule has 8 nitrogen and oxygen atoms in total. The average molecular weight is 473 g/mol. The maximum absolute atomic E-state index is 12.9. The molecule has 2 aromatic carbocycles. The second-order valence-electron chi connectivity index (χ2n) is 8.47. The van der Waals surface area contributed by atoms with Crippen LogP contribution in [-0.4, -0.2) is 43.0 Å². The van der Waals surface area contributed by atoms with E-state index >= 15 is 0 Å². The van der Waals surface area contributed by atoms with Gasteiger partial charge in [-0.15, -0.1) is 10.2 Å². The number of unbranched alkanes of at least 4 members (excludes halogenated alkanes) is 1. The number of aromatic amines is 1. The third-order valence-corrected chi connectivity index (χ3v) is 5.97. The van der Waals surface area contributed by atoms with Crippen molar-refractivity contribution in [3.8, 4) is 22.5 Å². The van der Waals surface area contributed by atoms with E-state index in [4.69, 9.17) is 9.84 Å². The van der Waals surface area contributed by atoms with E-state index in [1.54, 1.807) is 0 Å². The molecule has 2 heterocycles. The number of ether oxygens (including phenoxy) is 1. The first-order chi connectivity index (χ1) is 17.2. The Kier molecular flexibility index (Phi) is 8.03. The monoisotopic (exact) mass is 472 g/mol. The van der Waals surface area contributed by atoms with Crippen LogP contribution < -0.4 is 0 Å². The Morgan fingerprint density at radius 3 is 2.43 bits per heavy atom. The van der Waals surface area contributed by atoms with Gasteiger partial charge in [-0.05, 0) is 41.7 Å². The predicted octanol–water partition coefficient (Wildman–Crippen LogP) is 5.25. The van der Waals surface area contributed by atoms with Gasteiger partial charge in [0.05, 0.1) is 18.0 Å². The minimum atomic E-state index is -0.278. The van der Waals surface area contributed by atoms with Gasteiger partial charge in [-0.3, -0.25) is 4.68 Å². The van der Waals surface area contributed by atoms with E-state index in [1.807, 2.05) is 35.9 Å². The van der Waals surface area contributed by atoms with E-state index in [0.717, 1.165) is 65.9 Å². The quantitative estimate of drug-likeness (QED) is 0.299. The molecule has 0 radical (unpaired) electrons. The topological polar surface area (TPSA) is 98.6 Å². The number of aromatic nitrogens is 6. The molecule has 0 atom stereocenters. The van der Waals surface area contributed by atoms with Crippen LogP contribution in [0.4, 0.5) is 0 Å². The highest BCUT2D eigenvalue weighted by atomic mass is 16.5. The fourth-order valence-electron chi connectivity index (χ4n) is 4.30. The summed E-state index contributed by atoms with van der Waals surface area (Å²) in [6.45, 7) is 7.28. The highest BCUT2D eigenvalue weighted by Gasteiger charge is 2.24. The number of carbonyl (C=O) groups is 1. The molecule has 0 fully saturated rings. The zero-order valence-corrected chi connectivity index (χ0v) is 20.6. The largest absolute Gasteiger partial charge is 0.462 e. The van der Waals surface area contributed by atoms with Crippen LogP contribution in [0.5, 0.6) is 0 Å². The number of aryl methyl sites for hydroxylation is 1. The average Bonchev–Trinajstić information content (AvgIpc) is 3.52. The van der Waals surface area contributed by atoms with Crippen molar-refractivity contribution >= 4 is 5.97 Å². The number of nitrogens with one attached hydrogen (secondary N) is 1. The molecule has 0 amide bonds. The van der Waals surface area contributed by atoms with Gasteiger partial charge >= 0.3 is 5.97 Å². The Morgan fingerprint density at radius 2 is 1.77 bits per heavy atom. The molecule has 8 heteroatoms. The SMILES string of the molecule is CCCCn1nc(Cc2ccc(-c3ccccc3-c3nn[nH]n3)cc2)c(C(=O)OCC)c1CCC. The van der Waals surface area contributed by atoms with Crippen LogP contribution in [0.25, 0.3) is 22.5 Å². The summed E-state index contributed by atoms with van der Waals surface area (Å²) in [4.78, 5) is 12.9. The van der Waals surface area contributed by atoms with Gasteiger partial charge in [-0.25, -0.2) is 4.79 Å². The van der Waals surface area contributed by atoms with Crippen molar-refractivity contribution in [2.24, 2.45) is 0 Å². The molecule has 2 aromatic heterocycles. The Hall–Kier alpha value is -3.81. The first-order valence-corrected chi connectivity index (χ1v) is 12.3. The lowest BCUT2D eigenvalue weighted by molar-refractivity contribution is 0.0523. The van der Waals surface area contributed by atoms with Gasteiger partial charge in [-0.1, -0.05) is 75.2 Å². The molecule has 0 bridgehead atoms. The van der Waals surface area contributed by atoms with Crippen LogP contribution >= 0.6 is 0 Å². The third kappa shape index (κ3) is 5.48. The molecule has 35 heavy (non-hydrogen) atoms. The lowest BCUT2D eigenvalue weighted by Crippen LogP contribution is -2.11. The maximum Gasteiger partial charge on any atom is 0.341 e. The van der Waals surface area contributed by atoms with Gasteiger partial charge in [0, 0.05) is 18.5 Å². The van der Waals surface area contributed by atoms with E-state index in [-0.39, 0.29) is 5.97 Å². The van der Waals surface area contributed by atoms with Crippen LogP contribution in [0, 0.1) is 0 Å². The summed E-state index contributed by atoms with van der Waals surface area (Å²) in [5.41, 5.74) is 6.48. The Labute approximate surface area is 205 Å². The van der Waals surface area contributed by atoms with Crippen molar-refractivity contribution < 1.29 is 9.53 Å². The summed E-state index contributed by atoms with van der Waals surface area (Å²) in [7, 11) is 0.